The van der Waals surface area contributed by atoms with Crippen molar-refractivity contribution in [2.24, 2.45) is 11.7 Å². The zero-order valence-corrected chi connectivity index (χ0v) is 10.7. The van der Waals surface area contributed by atoms with Crippen molar-refractivity contribution in [2.45, 2.75) is 19.4 Å². The highest BCUT2D eigenvalue weighted by molar-refractivity contribution is 5.48. The molecule has 3 nitrogen and oxygen atoms in total. The van der Waals surface area contributed by atoms with E-state index in [0.717, 1.165) is 29.4 Å². The van der Waals surface area contributed by atoms with Crippen LogP contribution in [0.15, 0.2) is 18.2 Å². The van der Waals surface area contributed by atoms with E-state index in [-0.39, 0.29) is 0 Å². The van der Waals surface area contributed by atoms with Gasteiger partial charge >= 0.3 is 0 Å². The Balaban J connectivity index is 2.01. The fourth-order valence-electron chi connectivity index (χ4n) is 1.72. The predicted molar refractivity (Wildman–Crippen MR) is 71.3 cm³/mol. The van der Waals surface area contributed by atoms with Gasteiger partial charge in [0, 0.05) is 6.61 Å². The summed E-state index contributed by atoms with van der Waals surface area (Å²) in [5, 5.41) is 0. The largest absolute Gasteiger partial charge is 0.495 e. The van der Waals surface area contributed by atoms with E-state index in [1.165, 1.54) is 12.8 Å². The Bertz CT molecular complexity index is 455. The highest BCUT2D eigenvalue weighted by atomic mass is 16.5. The lowest BCUT2D eigenvalue weighted by Crippen LogP contribution is -1.98. The Kier molecular flexibility index (Phi) is 4.63. The number of hydrogen-bond donors (Lipinski definition) is 1. The van der Waals surface area contributed by atoms with E-state index in [1.54, 1.807) is 7.11 Å². The maximum Gasteiger partial charge on any atom is 0.134 e. The van der Waals surface area contributed by atoms with Crippen LogP contribution < -0.4 is 10.5 Å². The summed E-state index contributed by atoms with van der Waals surface area (Å²) in [6, 6.07) is 5.95. The van der Waals surface area contributed by atoms with Gasteiger partial charge in [-0.2, -0.15) is 0 Å². The molecule has 0 amide bonds. The summed E-state index contributed by atoms with van der Waals surface area (Å²) in [4.78, 5) is 0. The zero-order valence-electron chi connectivity index (χ0n) is 10.7. The Hall–Kier alpha value is -1.50. The third-order valence-electron chi connectivity index (χ3n) is 2.91. The normalized spacial score (nSPS) is 13.9. The molecule has 0 radical (unpaired) electrons. The average Bonchev–Trinajstić information content (AvgIpc) is 3.20. The summed E-state index contributed by atoms with van der Waals surface area (Å²) in [5.74, 6) is 7.44. The van der Waals surface area contributed by atoms with Crippen molar-refractivity contribution in [3.63, 3.8) is 0 Å². The molecule has 2 N–H and O–H groups in total. The van der Waals surface area contributed by atoms with E-state index >= 15 is 0 Å². The molecule has 1 aliphatic rings. The molecular weight excluding hydrogens is 226 g/mol. The first kappa shape index (κ1) is 12.9. The van der Waals surface area contributed by atoms with Crippen LogP contribution in [0.3, 0.4) is 0 Å². The third-order valence-corrected chi connectivity index (χ3v) is 2.91. The van der Waals surface area contributed by atoms with Crippen LogP contribution >= 0.6 is 0 Å². The van der Waals surface area contributed by atoms with Crippen LogP contribution in [0.4, 0.5) is 0 Å². The molecule has 0 saturated heterocycles. The molecule has 18 heavy (non-hydrogen) atoms. The van der Waals surface area contributed by atoms with Gasteiger partial charge in [-0.25, -0.2) is 0 Å². The number of rotatable bonds is 5. The molecule has 96 valence electrons. The number of nitrogens with two attached hydrogens (primary N) is 1. The standard InChI is InChI=1S/C15H19NO2/c1-17-15-7-6-13(9-14(15)3-2-8-16)11-18-10-12-4-5-12/h6-7,9,12H,4-5,8,10-11,16H2,1H3. The van der Waals surface area contributed by atoms with E-state index in [9.17, 15) is 0 Å². The molecule has 1 aromatic carbocycles. The molecule has 1 fully saturated rings. The van der Waals surface area contributed by atoms with Gasteiger partial charge in [-0.1, -0.05) is 17.9 Å². The van der Waals surface area contributed by atoms with Crippen molar-refractivity contribution in [1.82, 2.24) is 0 Å². The molecular formula is C15H19NO2. The molecule has 0 atom stereocenters. The molecule has 2 rings (SSSR count). The lowest BCUT2D eigenvalue weighted by atomic mass is 10.1. The Morgan fingerprint density at radius 1 is 1.39 bits per heavy atom. The first-order chi connectivity index (χ1) is 8.83. The molecule has 0 aromatic heterocycles. The molecule has 0 bridgehead atoms. The minimum atomic E-state index is 0.353. The van der Waals surface area contributed by atoms with Crippen molar-refractivity contribution in [2.75, 3.05) is 20.3 Å². The van der Waals surface area contributed by atoms with Crippen LogP contribution in [0, 0.1) is 17.8 Å². The third kappa shape index (κ3) is 3.76. The van der Waals surface area contributed by atoms with Crippen LogP contribution in [-0.4, -0.2) is 20.3 Å². The topological polar surface area (TPSA) is 44.5 Å². The molecule has 0 unspecified atom stereocenters. The molecule has 1 aliphatic carbocycles. The van der Waals surface area contributed by atoms with Crippen LogP contribution in [-0.2, 0) is 11.3 Å². The van der Waals surface area contributed by atoms with Crippen molar-refractivity contribution in [3.05, 3.63) is 29.3 Å². The second kappa shape index (κ2) is 6.44. The summed E-state index contributed by atoms with van der Waals surface area (Å²) >= 11 is 0. The van der Waals surface area contributed by atoms with Gasteiger partial charge < -0.3 is 15.2 Å². The minimum Gasteiger partial charge on any atom is -0.495 e. The van der Waals surface area contributed by atoms with Crippen LogP contribution in [0.25, 0.3) is 0 Å². The quantitative estimate of drug-likeness (QED) is 0.806. The summed E-state index contributed by atoms with van der Waals surface area (Å²) in [6.07, 6.45) is 2.63. The van der Waals surface area contributed by atoms with Gasteiger partial charge in [-0.15, -0.1) is 0 Å². The van der Waals surface area contributed by atoms with Gasteiger partial charge in [-0.05, 0) is 36.5 Å². The van der Waals surface area contributed by atoms with Gasteiger partial charge in [-0.3, -0.25) is 0 Å². The monoisotopic (exact) mass is 245 g/mol. The van der Waals surface area contributed by atoms with Crippen molar-refractivity contribution in [1.29, 1.82) is 0 Å². The van der Waals surface area contributed by atoms with E-state index in [0.29, 0.717) is 13.2 Å². The SMILES string of the molecule is COc1ccc(COCC2CC2)cc1C#CCN. The van der Waals surface area contributed by atoms with Gasteiger partial charge in [0.15, 0.2) is 0 Å². The van der Waals surface area contributed by atoms with Gasteiger partial charge in [0.2, 0.25) is 0 Å². The smallest absolute Gasteiger partial charge is 0.134 e. The number of ether oxygens (including phenoxy) is 2. The van der Waals surface area contributed by atoms with Crippen molar-refractivity contribution >= 4 is 0 Å². The van der Waals surface area contributed by atoms with E-state index in [4.69, 9.17) is 15.2 Å². The number of methoxy groups -OCH3 is 1. The maximum absolute atomic E-state index is 5.66. The van der Waals surface area contributed by atoms with E-state index in [2.05, 4.69) is 11.8 Å². The van der Waals surface area contributed by atoms with E-state index < -0.39 is 0 Å². The zero-order chi connectivity index (χ0) is 12.8. The number of hydrogen-bond acceptors (Lipinski definition) is 3. The van der Waals surface area contributed by atoms with Gasteiger partial charge in [0.1, 0.15) is 5.75 Å². The van der Waals surface area contributed by atoms with Crippen LogP contribution in [0.1, 0.15) is 24.0 Å². The summed E-state index contributed by atoms with van der Waals surface area (Å²) in [6.45, 7) is 1.86. The van der Waals surface area contributed by atoms with Crippen LogP contribution in [0.2, 0.25) is 0 Å². The minimum absolute atomic E-state index is 0.353. The summed E-state index contributed by atoms with van der Waals surface area (Å²) in [7, 11) is 1.65. The van der Waals surface area contributed by atoms with E-state index in [1.807, 2.05) is 18.2 Å². The van der Waals surface area contributed by atoms with Crippen molar-refractivity contribution < 1.29 is 9.47 Å². The lowest BCUT2D eigenvalue weighted by Gasteiger charge is -2.07. The average molecular weight is 245 g/mol. The highest BCUT2D eigenvalue weighted by Gasteiger charge is 2.21. The molecule has 0 spiro atoms. The Labute approximate surface area is 108 Å². The van der Waals surface area contributed by atoms with Gasteiger partial charge in [0.05, 0.1) is 25.8 Å². The second-order valence-electron chi connectivity index (χ2n) is 4.50. The molecule has 1 aromatic rings. The first-order valence-corrected chi connectivity index (χ1v) is 6.27. The lowest BCUT2D eigenvalue weighted by molar-refractivity contribution is 0.111. The molecule has 0 aliphatic heterocycles. The molecule has 0 heterocycles. The van der Waals surface area contributed by atoms with Crippen LogP contribution in [0.5, 0.6) is 5.75 Å². The Morgan fingerprint density at radius 3 is 2.89 bits per heavy atom. The van der Waals surface area contributed by atoms with Crippen molar-refractivity contribution in [3.8, 4) is 17.6 Å². The number of benzene rings is 1. The molecule has 1 saturated carbocycles. The summed E-state index contributed by atoms with van der Waals surface area (Å²) in [5.41, 5.74) is 7.38. The fraction of sp³-hybridized carbons (Fsp3) is 0.467. The maximum atomic E-state index is 5.66. The predicted octanol–water partition coefficient (Wildman–Crippen LogP) is 1.93. The second-order valence-corrected chi connectivity index (χ2v) is 4.50. The fourth-order valence-corrected chi connectivity index (χ4v) is 1.72. The Morgan fingerprint density at radius 2 is 2.22 bits per heavy atom. The van der Waals surface area contributed by atoms with Gasteiger partial charge in [0.25, 0.3) is 0 Å². The first-order valence-electron chi connectivity index (χ1n) is 6.27. The summed E-state index contributed by atoms with van der Waals surface area (Å²) < 4.78 is 10.9. The highest BCUT2D eigenvalue weighted by Crippen LogP contribution is 2.29. The molecule has 3 heteroatoms.